The van der Waals surface area contributed by atoms with Gasteiger partial charge in [-0.05, 0) is 48.5 Å². The number of carbonyl (C=O) groups is 1. The van der Waals surface area contributed by atoms with Gasteiger partial charge in [0.2, 0.25) is 0 Å². The molecule has 1 amide bonds. The lowest BCUT2D eigenvalue weighted by molar-refractivity contribution is 0.102. The number of nitrogens with zero attached hydrogens (tertiary/aromatic N) is 4. The van der Waals surface area contributed by atoms with Gasteiger partial charge in [0.05, 0.1) is 11.9 Å². The molecule has 0 aliphatic carbocycles. The predicted octanol–water partition coefficient (Wildman–Crippen LogP) is 3.71. The van der Waals surface area contributed by atoms with Crippen molar-refractivity contribution in [3.05, 3.63) is 91.1 Å². The number of amides is 1. The zero-order valence-electron chi connectivity index (χ0n) is 14.2. The van der Waals surface area contributed by atoms with Crippen LogP contribution in [0.1, 0.15) is 10.4 Å². The molecule has 0 bridgehead atoms. The maximum atomic E-state index is 12.4. The van der Waals surface area contributed by atoms with Crippen molar-refractivity contribution in [3.63, 3.8) is 0 Å². The highest BCUT2D eigenvalue weighted by Gasteiger charge is 2.07. The van der Waals surface area contributed by atoms with Gasteiger partial charge in [0.15, 0.2) is 5.82 Å². The second-order valence-electron chi connectivity index (χ2n) is 5.64. The van der Waals surface area contributed by atoms with Gasteiger partial charge < -0.3 is 10.1 Å². The summed E-state index contributed by atoms with van der Waals surface area (Å²) in [4.78, 5) is 20.5. The molecule has 0 aliphatic rings. The molecule has 0 aliphatic heterocycles. The number of rotatable bonds is 5. The molecule has 2 heterocycles. The molecule has 7 heteroatoms. The number of anilines is 1. The molecular formula is C20H15N5O2. The summed E-state index contributed by atoms with van der Waals surface area (Å²) >= 11 is 0. The van der Waals surface area contributed by atoms with Gasteiger partial charge in [0.1, 0.15) is 24.2 Å². The van der Waals surface area contributed by atoms with Crippen LogP contribution in [0.5, 0.6) is 11.5 Å². The maximum Gasteiger partial charge on any atom is 0.255 e. The molecule has 132 valence electrons. The van der Waals surface area contributed by atoms with Crippen molar-refractivity contribution in [3.8, 4) is 17.3 Å². The Morgan fingerprint density at radius 3 is 2.37 bits per heavy atom. The Balaban J connectivity index is 1.40. The summed E-state index contributed by atoms with van der Waals surface area (Å²) in [7, 11) is 0. The first-order chi connectivity index (χ1) is 13.3. The van der Waals surface area contributed by atoms with Crippen LogP contribution in [0.15, 0.2) is 85.6 Å². The molecule has 0 spiro atoms. The fourth-order valence-corrected chi connectivity index (χ4v) is 2.42. The van der Waals surface area contributed by atoms with E-state index in [9.17, 15) is 4.79 Å². The Bertz CT molecular complexity index is 1010. The lowest BCUT2D eigenvalue weighted by Crippen LogP contribution is -2.12. The van der Waals surface area contributed by atoms with Gasteiger partial charge in [0.25, 0.3) is 5.91 Å². The van der Waals surface area contributed by atoms with Crippen molar-refractivity contribution in [2.75, 3.05) is 5.32 Å². The standard InChI is InChI=1S/C20H15N5O2/c26-20(24-16-8-11-19(22-12-16)25-14-21-13-23-25)15-6-9-18(10-7-15)27-17-4-2-1-3-5-17/h1-14H,(H,24,26). The van der Waals surface area contributed by atoms with Crippen LogP contribution < -0.4 is 10.1 Å². The second kappa shape index (κ2) is 7.49. The van der Waals surface area contributed by atoms with Crippen LogP contribution in [0, 0.1) is 0 Å². The first-order valence-corrected chi connectivity index (χ1v) is 8.23. The first kappa shape index (κ1) is 16.5. The number of para-hydroxylation sites is 1. The maximum absolute atomic E-state index is 12.4. The highest BCUT2D eigenvalue weighted by molar-refractivity contribution is 6.04. The van der Waals surface area contributed by atoms with Gasteiger partial charge in [0, 0.05) is 5.56 Å². The molecule has 2 aromatic carbocycles. The number of ether oxygens (including phenoxy) is 1. The highest BCUT2D eigenvalue weighted by atomic mass is 16.5. The van der Waals surface area contributed by atoms with Gasteiger partial charge in [-0.25, -0.2) is 14.6 Å². The lowest BCUT2D eigenvalue weighted by atomic mass is 10.2. The molecule has 0 unspecified atom stereocenters. The molecule has 2 aromatic heterocycles. The Morgan fingerprint density at radius 1 is 0.926 bits per heavy atom. The monoisotopic (exact) mass is 357 g/mol. The normalized spacial score (nSPS) is 10.4. The molecule has 0 atom stereocenters. The largest absolute Gasteiger partial charge is 0.457 e. The third-order valence-electron chi connectivity index (χ3n) is 3.75. The average Bonchev–Trinajstić information content (AvgIpc) is 3.25. The molecule has 4 aromatic rings. The van der Waals surface area contributed by atoms with Crippen molar-refractivity contribution < 1.29 is 9.53 Å². The van der Waals surface area contributed by atoms with Gasteiger partial charge in [-0.2, -0.15) is 5.10 Å². The molecule has 0 saturated heterocycles. The summed E-state index contributed by atoms with van der Waals surface area (Å²) in [5.41, 5.74) is 1.12. The summed E-state index contributed by atoms with van der Waals surface area (Å²) in [6.07, 6.45) is 4.56. The summed E-state index contributed by atoms with van der Waals surface area (Å²) < 4.78 is 7.26. The number of carbonyl (C=O) groups excluding carboxylic acids is 1. The Kier molecular flexibility index (Phi) is 4.57. The minimum atomic E-state index is -0.225. The van der Waals surface area contributed by atoms with E-state index in [4.69, 9.17) is 4.74 Å². The van der Waals surface area contributed by atoms with Crippen molar-refractivity contribution in [1.29, 1.82) is 0 Å². The van der Waals surface area contributed by atoms with Gasteiger partial charge in [-0.1, -0.05) is 18.2 Å². The molecule has 1 N–H and O–H groups in total. The quantitative estimate of drug-likeness (QED) is 0.589. The minimum absolute atomic E-state index is 0.225. The van der Waals surface area contributed by atoms with Crippen LogP contribution in [-0.2, 0) is 0 Å². The fourth-order valence-electron chi connectivity index (χ4n) is 2.42. The number of benzene rings is 2. The molecule has 4 rings (SSSR count). The highest BCUT2D eigenvalue weighted by Crippen LogP contribution is 2.21. The Morgan fingerprint density at radius 2 is 1.70 bits per heavy atom. The van der Waals surface area contributed by atoms with Crippen molar-refractivity contribution in [2.24, 2.45) is 0 Å². The third-order valence-corrected chi connectivity index (χ3v) is 3.75. The van der Waals surface area contributed by atoms with Crippen LogP contribution >= 0.6 is 0 Å². The van der Waals surface area contributed by atoms with E-state index in [1.807, 2.05) is 30.3 Å². The van der Waals surface area contributed by atoms with Crippen molar-refractivity contribution in [2.45, 2.75) is 0 Å². The first-order valence-electron chi connectivity index (χ1n) is 8.23. The van der Waals surface area contributed by atoms with Crippen molar-refractivity contribution in [1.82, 2.24) is 19.7 Å². The Hall–Kier alpha value is -4.00. The molecule has 7 nitrogen and oxygen atoms in total. The molecule has 0 fully saturated rings. The molecule has 0 saturated carbocycles. The number of aromatic nitrogens is 4. The Labute approximate surface area is 155 Å². The average molecular weight is 357 g/mol. The van der Waals surface area contributed by atoms with E-state index in [1.165, 1.54) is 11.0 Å². The van der Waals surface area contributed by atoms with Crippen LogP contribution in [0.4, 0.5) is 5.69 Å². The van der Waals surface area contributed by atoms with Gasteiger partial charge in [-0.15, -0.1) is 0 Å². The van der Waals surface area contributed by atoms with E-state index in [2.05, 4.69) is 20.4 Å². The topological polar surface area (TPSA) is 81.9 Å². The van der Waals surface area contributed by atoms with Gasteiger partial charge >= 0.3 is 0 Å². The molecule has 0 radical (unpaired) electrons. The van der Waals surface area contributed by atoms with E-state index >= 15 is 0 Å². The summed E-state index contributed by atoms with van der Waals surface area (Å²) in [6, 6.07) is 19.9. The van der Waals surface area contributed by atoms with E-state index in [1.54, 1.807) is 48.9 Å². The fraction of sp³-hybridized carbons (Fsp3) is 0. The SMILES string of the molecule is O=C(Nc1ccc(-n2cncn2)nc1)c1ccc(Oc2ccccc2)cc1. The predicted molar refractivity (Wildman–Crippen MR) is 100 cm³/mol. The van der Waals surface area contributed by atoms with Crippen LogP contribution in [0.2, 0.25) is 0 Å². The lowest BCUT2D eigenvalue weighted by Gasteiger charge is -2.08. The van der Waals surface area contributed by atoms with Gasteiger partial charge in [-0.3, -0.25) is 4.79 Å². The number of nitrogens with one attached hydrogen (secondary N) is 1. The zero-order valence-corrected chi connectivity index (χ0v) is 14.2. The third kappa shape index (κ3) is 3.98. The summed E-state index contributed by atoms with van der Waals surface area (Å²) in [5.74, 6) is 1.80. The summed E-state index contributed by atoms with van der Waals surface area (Å²) in [6.45, 7) is 0. The number of hydrogen-bond acceptors (Lipinski definition) is 5. The summed E-state index contributed by atoms with van der Waals surface area (Å²) in [5, 5.41) is 6.82. The van der Waals surface area contributed by atoms with E-state index in [0.29, 0.717) is 22.8 Å². The number of pyridine rings is 1. The van der Waals surface area contributed by atoms with E-state index in [0.717, 1.165) is 5.75 Å². The van der Waals surface area contributed by atoms with E-state index < -0.39 is 0 Å². The minimum Gasteiger partial charge on any atom is -0.457 e. The van der Waals surface area contributed by atoms with Crippen LogP contribution in [0.25, 0.3) is 5.82 Å². The van der Waals surface area contributed by atoms with E-state index in [-0.39, 0.29) is 5.91 Å². The second-order valence-corrected chi connectivity index (χ2v) is 5.64. The zero-order chi connectivity index (χ0) is 18.5. The van der Waals surface area contributed by atoms with Crippen molar-refractivity contribution >= 4 is 11.6 Å². The molecule has 27 heavy (non-hydrogen) atoms. The van der Waals surface area contributed by atoms with Crippen LogP contribution in [-0.4, -0.2) is 25.7 Å². The smallest absolute Gasteiger partial charge is 0.255 e. The van der Waals surface area contributed by atoms with Crippen LogP contribution in [0.3, 0.4) is 0 Å². The number of hydrogen-bond donors (Lipinski definition) is 1. The molecular weight excluding hydrogens is 342 g/mol.